The minimum atomic E-state index is -0.496. The maximum atomic E-state index is 11.6. The summed E-state index contributed by atoms with van der Waals surface area (Å²) in [7, 11) is 1.71. The van der Waals surface area contributed by atoms with E-state index in [0.29, 0.717) is 38.1 Å². The minimum Gasteiger partial charge on any atom is -0.473 e. The maximum Gasteiger partial charge on any atom is 0.407 e. The van der Waals surface area contributed by atoms with E-state index >= 15 is 0 Å². The lowest BCUT2D eigenvalue weighted by Gasteiger charge is -2.19. The smallest absolute Gasteiger partial charge is 0.407 e. The first kappa shape index (κ1) is 27.5. The first-order valence-electron chi connectivity index (χ1n) is 10.4. The second kappa shape index (κ2) is 14.5. The number of nitrogens with one attached hydrogen (secondary N) is 3. The topological polar surface area (TPSA) is 96.9 Å². The number of hydrogen-bond acceptors (Lipinski definition) is 5. The Balaban J connectivity index is 0.00000512. The summed E-state index contributed by atoms with van der Waals surface area (Å²) >= 11 is 0. The van der Waals surface area contributed by atoms with Crippen LogP contribution in [0, 0.1) is 0 Å². The number of carbonyl (C=O) groups excluding carboxylic acids is 1. The molecular formula is C23H34IN5O3. The Bertz CT molecular complexity index is 841. The van der Waals surface area contributed by atoms with Crippen LogP contribution in [-0.2, 0) is 17.9 Å². The molecule has 3 N–H and O–H groups in total. The average molecular weight is 555 g/mol. The fourth-order valence-corrected chi connectivity index (χ4v) is 2.61. The fourth-order valence-electron chi connectivity index (χ4n) is 2.61. The van der Waals surface area contributed by atoms with Crippen molar-refractivity contribution in [2.45, 2.75) is 45.9 Å². The van der Waals surface area contributed by atoms with Gasteiger partial charge in [-0.05, 0) is 38.8 Å². The van der Waals surface area contributed by atoms with E-state index in [1.54, 1.807) is 13.2 Å². The first-order valence-corrected chi connectivity index (χ1v) is 10.4. The Morgan fingerprint density at radius 3 is 2.44 bits per heavy atom. The molecule has 2 rings (SSSR count). The number of pyridine rings is 1. The van der Waals surface area contributed by atoms with Gasteiger partial charge < -0.3 is 25.4 Å². The van der Waals surface area contributed by atoms with Crippen LogP contribution < -0.4 is 20.7 Å². The van der Waals surface area contributed by atoms with Crippen molar-refractivity contribution in [1.29, 1.82) is 0 Å². The number of hydrogen-bond donors (Lipinski definition) is 3. The molecule has 0 aliphatic rings. The number of aliphatic imine (C=N–C) groups is 1. The van der Waals surface area contributed by atoms with E-state index in [1.807, 2.05) is 63.2 Å². The van der Waals surface area contributed by atoms with Crippen LogP contribution >= 0.6 is 24.0 Å². The first-order chi connectivity index (χ1) is 14.9. The molecule has 1 amide bonds. The Morgan fingerprint density at radius 2 is 1.75 bits per heavy atom. The molecule has 0 unspecified atom stereocenters. The largest absolute Gasteiger partial charge is 0.473 e. The van der Waals surface area contributed by atoms with Gasteiger partial charge in [-0.15, -0.1) is 24.0 Å². The van der Waals surface area contributed by atoms with Crippen molar-refractivity contribution >= 4 is 36.0 Å². The maximum absolute atomic E-state index is 11.6. The van der Waals surface area contributed by atoms with Crippen molar-refractivity contribution in [2.24, 2.45) is 4.99 Å². The fraction of sp³-hybridized carbons (Fsp3) is 0.435. The Morgan fingerprint density at radius 1 is 1.03 bits per heavy atom. The Hall–Kier alpha value is -2.56. The number of alkyl carbamates (subject to hydrolysis) is 1. The van der Waals surface area contributed by atoms with Crippen LogP contribution in [0.25, 0.3) is 0 Å². The van der Waals surface area contributed by atoms with Gasteiger partial charge in [0.15, 0.2) is 5.96 Å². The number of ether oxygens (including phenoxy) is 2. The number of amides is 1. The molecule has 0 radical (unpaired) electrons. The number of benzene rings is 1. The highest BCUT2D eigenvalue weighted by molar-refractivity contribution is 14.0. The number of rotatable bonds is 9. The summed E-state index contributed by atoms with van der Waals surface area (Å²) in [5.41, 5.74) is 1.53. The summed E-state index contributed by atoms with van der Waals surface area (Å²) in [5, 5.41) is 9.22. The van der Waals surface area contributed by atoms with Gasteiger partial charge in [0.2, 0.25) is 5.88 Å². The van der Waals surface area contributed by atoms with Gasteiger partial charge in [-0.1, -0.05) is 36.4 Å². The molecule has 8 nitrogen and oxygen atoms in total. The normalized spacial score (nSPS) is 11.2. The molecular weight excluding hydrogens is 521 g/mol. The van der Waals surface area contributed by atoms with Crippen molar-refractivity contribution < 1.29 is 14.3 Å². The van der Waals surface area contributed by atoms with Crippen molar-refractivity contribution in [3.8, 4) is 5.88 Å². The zero-order valence-electron chi connectivity index (χ0n) is 19.2. The molecule has 0 saturated heterocycles. The van der Waals surface area contributed by atoms with Crippen molar-refractivity contribution in [1.82, 2.24) is 20.9 Å². The predicted molar refractivity (Wildman–Crippen MR) is 137 cm³/mol. The molecule has 9 heteroatoms. The second-order valence-corrected chi connectivity index (χ2v) is 7.88. The van der Waals surface area contributed by atoms with Gasteiger partial charge in [0.25, 0.3) is 0 Å². The van der Waals surface area contributed by atoms with Crippen LogP contribution in [0.3, 0.4) is 0 Å². The third-order valence-corrected chi connectivity index (χ3v) is 4.05. The number of halogens is 1. The quantitative estimate of drug-likeness (QED) is 0.188. The molecule has 1 aromatic carbocycles. The van der Waals surface area contributed by atoms with Crippen LogP contribution in [0.15, 0.2) is 53.7 Å². The summed E-state index contributed by atoms with van der Waals surface area (Å²) < 4.78 is 11.1. The van der Waals surface area contributed by atoms with Gasteiger partial charge in [-0.2, -0.15) is 0 Å². The molecule has 2 aromatic rings. The zero-order chi connectivity index (χ0) is 22.5. The van der Waals surface area contributed by atoms with Crippen molar-refractivity contribution in [3.63, 3.8) is 0 Å². The lowest BCUT2D eigenvalue weighted by atomic mass is 10.2. The third kappa shape index (κ3) is 11.2. The van der Waals surface area contributed by atoms with Gasteiger partial charge >= 0.3 is 6.09 Å². The van der Waals surface area contributed by atoms with E-state index in [9.17, 15) is 4.79 Å². The van der Waals surface area contributed by atoms with Gasteiger partial charge in [-0.25, -0.2) is 9.78 Å². The standard InChI is InChI=1S/C23H33N5O3.HI/c1-23(2,3)31-22(29)27-15-9-14-26-21(24-4)28-16-19-12-8-13-25-20(19)30-17-18-10-6-5-7-11-18;/h5-8,10-13H,9,14-17H2,1-4H3,(H,27,29)(H2,24,26,28);1H. The highest BCUT2D eigenvalue weighted by Crippen LogP contribution is 2.15. The second-order valence-electron chi connectivity index (χ2n) is 7.88. The van der Waals surface area contributed by atoms with E-state index in [-0.39, 0.29) is 24.0 Å². The lowest BCUT2D eigenvalue weighted by molar-refractivity contribution is 0.0527. The Kier molecular flexibility index (Phi) is 12.4. The van der Waals surface area contributed by atoms with E-state index in [1.165, 1.54) is 0 Å². The van der Waals surface area contributed by atoms with Gasteiger partial charge in [0, 0.05) is 38.4 Å². The van der Waals surface area contributed by atoms with E-state index < -0.39 is 11.7 Å². The summed E-state index contributed by atoms with van der Waals surface area (Å²) in [6, 6.07) is 13.8. The summed E-state index contributed by atoms with van der Waals surface area (Å²) in [4.78, 5) is 20.2. The zero-order valence-corrected chi connectivity index (χ0v) is 21.5. The van der Waals surface area contributed by atoms with Crippen LogP contribution in [-0.4, -0.2) is 42.8 Å². The van der Waals surface area contributed by atoms with Crippen LogP contribution in [0.4, 0.5) is 4.79 Å². The number of aromatic nitrogens is 1. The molecule has 1 heterocycles. The highest BCUT2D eigenvalue weighted by Gasteiger charge is 2.15. The van der Waals surface area contributed by atoms with Gasteiger partial charge in [-0.3, -0.25) is 4.99 Å². The van der Waals surface area contributed by atoms with Crippen LogP contribution in [0.2, 0.25) is 0 Å². The summed E-state index contributed by atoms with van der Waals surface area (Å²) in [6.45, 7) is 7.66. The summed E-state index contributed by atoms with van der Waals surface area (Å²) in [6.07, 6.45) is 2.04. The summed E-state index contributed by atoms with van der Waals surface area (Å²) in [5.74, 6) is 1.26. The van der Waals surface area contributed by atoms with Gasteiger partial charge in [0.1, 0.15) is 12.2 Å². The SMILES string of the molecule is CN=C(NCCCNC(=O)OC(C)(C)C)NCc1cccnc1OCc1ccccc1.I. The molecule has 0 aliphatic carbocycles. The molecule has 0 fully saturated rings. The molecule has 32 heavy (non-hydrogen) atoms. The van der Waals surface area contributed by atoms with Crippen LogP contribution in [0.1, 0.15) is 38.3 Å². The molecule has 176 valence electrons. The van der Waals surface area contributed by atoms with E-state index in [4.69, 9.17) is 9.47 Å². The number of carbonyl (C=O) groups is 1. The lowest BCUT2D eigenvalue weighted by Crippen LogP contribution is -2.39. The molecule has 0 spiro atoms. The van der Waals surface area contributed by atoms with Crippen LogP contribution in [0.5, 0.6) is 5.88 Å². The molecule has 1 aromatic heterocycles. The van der Waals surface area contributed by atoms with E-state index in [0.717, 1.165) is 17.5 Å². The molecule has 0 atom stereocenters. The Labute approximate surface area is 207 Å². The van der Waals surface area contributed by atoms with Crippen molar-refractivity contribution in [3.05, 3.63) is 59.8 Å². The monoisotopic (exact) mass is 555 g/mol. The molecule has 0 aliphatic heterocycles. The highest BCUT2D eigenvalue weighted by atomic mass is 127. The predicted octanol–water partition coefficient (Wildman–Crippen LogP) is 3.86. The molecule has 0 saturated carbocycles. The number of guanidine groups is 1. The minimum absolute atomic E-state index is 0. The van der Waals surface area contributed by atoms with Gasteiger partial charge in [0.05, 0.1) is 0 Å². The van der Waals surface area contributed by atoms with Crippen molar-refractivity contribution in [2.75, 3.05) is 20.1 Å². The third-order valence-electron chi connectivity index (χ3n) is 4.05. The molecule has 0 bridgehead atoms. The van der Waals surface area contributed by atoms with E-state index in [2.05, 4.69) is 25.9 Å². The average Bonchev–Trinajstić information content (AvgIpc) is 2.74. The number of nitrogens with zero attached hydrogens (tertiary/aromatic N) is 2.